The van der Waals surface area contributed by atoms with Crippen molar-refractivity contribution in [2.45, 2.75) is 20.4 Å². The first-order chi connectivity index (χ1) is 13.6. The molecule has 1 heterocycles. The zero-order chi connectivity index (χ0) is 19.9. The van der Waals surface area contributed by atoms with Crippen LogP contribution in [0.2, 0.25) is 0 Å². The Balaban J connectivity index is 1.72. The highest BCUT2D eigenvalue weighted by atomic mass is 16.5. The lowest BCUT2D eigenvalue weighted by Crippen LogP contribution is -2.35. The Morgan fingerprint density at radius 1 is 1.14 bits per heavy atom. The van der Waals surface area contributed by atoms with Gasteiger partial charge in [-0.25, -0.2) is 5.43 Å². The number of ether oxygens (including phenoxy) is 2. The first-order valence-electron chi connectivity index (χ1n) is 9.45. The van der Waals surface area contributed by atoms with Gasteiger partial charge in [-0.1, -0.05) is 17.7 Å². The van der Waals surface area contributed by atoms with Gasteiger partial charge in [-0.15, -0.1) is 0 Å². The first-order valence-corrected chi connectivity index (χ1v) is 9.45. The number of hydrogen-bond acceptors (Lipinski definition) is 5. The number of benzene rings is 2. The predicted octanol–water partition coefficient (Wildman–Crippen LogP) is 2.99. The van der Waals surface area contributed by atoms with E-state index >= 15 is 0 Å². The van der Waals surface area contributed by atoms with Crippen LogP contribution in [0, 0.1) is 6.92 Å². The predicted molar refractivity (Wildman–Crippen MR) is 110 cm³/mol. The minimum Gasteiger partial charge on any atom is -0.496 e. The summed E-state index contributed by atoms with van der Waals surface area (Å²) in [6.45, 7) is 8.00. The summed E-state index contributed by atoms with van der Waals surface area (Å²) in [5, 5.41) is 4.28. The van der Waals surface area contributed by atoms with Crippen LogP contribution in [0.4, 0.5) is 0 Å². The van der Waals surface area contributed by atoms with Crippen molar-refractivity contribution < 1.29 is 14.3 Å². The summed E-state index contributed by atoms with van der Waals surface area (Å²) in [4.78, 5) is 14.6. The Kier molecular flexibility index (Phi) is 6.79. The van der Waals surface area contributed by atoms with Crippen molar-refractivity contribution in [2.75, 3.05) is 33.4 Å². The van der Waals surface area contributed by atoms with E-state index in [1.807, 2.05) is 38.1 Å². The van der Waals surface area contributed by atoms with E-state index in [-0.39, 0.29) is 5.91 Å². The molecule has 1 aliphatic rings. The molecule has 0 bridgehead atoms. The lowest BCUT2D eigenvalue weighted by Gasteiger charge is -2.27. The number of amides is 1. The molecular weight excluding hydrogens is 354 g/mol. The zero-order valence-corrected chi connectivity index (χ0v) is 16.7. The Labute approximate surface area is 166 Å². The molecule has 0 saturated carbocycles. The molecule has 1 fully saturated rings. The van der Waals surface area contributed by atoms with Gasteiger partial charge in [0.1, 0.15) is 5.75 Å². The molecule has 28 heavy (non-hydrogen) atoms. The molecule has 0 aromatic heterocycles. The van der Waals surface area contributed by atoms with E-state index in [0.29, 0.717) is 5.56 Å². The molecular formula is C22H27N3O3. The highest BCUT2D eigenvalue weighted by Crippen LogP contribution is 2.22. The van der Waals surface area contributed by atoms with E-state index in [2.05, 4.69) is 21.5 Å². The van der Waals surface area contributed by atoms with Crippen LogP contribution in [-0.4, -0.2) is 49.9 Å². The van der Waals surface area contributed by atoms with Gasteiger partial charge < -0.3 is 9.47 Å². The van der Waals surface area contributed by atoms with Gasteiger partial charge in [-0.05, 0) is 49.7 Å². The maximum atomic E-state index is 12.3. The molecule has 1 aliphatic heterocycles. The normalized spacial score (nSPS) is 15.3. The topological polar surface area (TPSA) is 63.2 Å². The number of nitrogens with one attached hydrogen (secondary N) is 1. The lowest BCUT2D eigenvalue weighted by atomic mass is 10.1. The quantitative estimate of drug-likeness (QED) is 0.617. The Morgan fingerprint density at radius 3 is 2.50 bits per heavy atom. The van der Waals surface area contributed by atoms with Gasteiger partial charge in [0, 0.05) is 30.8 Å². The highest BCUT2D eigenvalue weighted by Gasteiger charge is 2.14. The average Bonchev–Trinajstić information content (AvgIpc) is 2.73. The molecule has 0 spiro atoms. The number of rotatable bonds is 6. The molecule has 2 aromatic rings. The Morgan fingerprint density at radius 2 is 1.82 bits per heavy atom. The summed E-state index contributed by atoms with van der Waals surface area (Å²) in [5.41, 5.74) is 7.13. The van der Waals surface area contributed by atoms with Crippen molar-refractivity contribution in [3.8, 4) is 5.75 Å². The number of carbonyl (C=O) groups excluding carboxylic acids is 1. The molecule has 0 radical (unpaired) electrons. The van der Waals surface area contributed by atoms with Crippen LogP contribution in [-0.2, 0) is 11.3 Å². The van der Waals surface area contributed by atoms with Gasteiger partial charge in [0.25, 0.3) is 5.91 Å². The van der Waals surface area contributed by atoms with E-state index in [9.17, 15) is 4.79 Å². The van der Waals surface area contributed by atoms with E-state index in [0.717, 1.165) is 61.0 Å². The van der Waals surface area contributed by atoms with E-state index in [1.54, 1.807) is 19.2 Å². The third-order valence-corrected chi connectivity index (χ3v) is 4.83. The molecule has 1 saturated heterocycles. The summed E-state index contributed by atoms with van der Waals surface area (Å²) in [6.07, 6.45) is 0. The summed E-state index contributed by atoms with van der Waals surface area (Å²) < 4.78 is 10.9. The second-order valence-corrected chi connectivity index (χ2v) is 6.92. The maximum Gasteiger partial charge on any atom is 0.271 e. The van der Waals surface area contributed by atoms with Crippen LogP contribution in [0.5, 0.6) is 5.75 Å². The molecule has 3 rings (SSSR count). The summed E-state index contributed by atoms with van der Waals surface area (Å²) >= 11 is 0. The number of aryl methyl sites for hydroxylation is 1. The van der Waals surface area contributed by atoms with E-state index in [1.165, 1.54) is 0 Å². The summed E-state index contributed by atoms with van der Waals surface area (Å²) in [6, 6.07) is 13.4. The van der Waals surface area contributed by atoms with Crippen molar-refractivity contribution in [1.82, 2.24) is 10.3 Å². The van der Waals surface area contributed by atoms with Crippen molar-refractivity contribution in [3.63, 3.8) is 0 Å². The van der Waals surface area contributed by atoms with Gasteiger partial charge in [0.05, 0.1) is 26.0 Å². The van der Waals surface area contributed by atoms with Gasteiger partial charge >= 0.3 is 0 Å². The minimum atomic E-state index is -0.221. The third-order valence-electron chi connectivity index (χ3n) is 4.83. The molecule has 2 aromatic carbocycles. The maximum absolute atomic E-state index is 12.3. The molecule has 1 amide bonds. The fraction of sp³-hybridized carbons (Fsp3) is 0.364. The second-order valence-electron chi connectivity index (χ2n) is 6.92. The Hall–Kier alpha value is -2.70. The van der Waals surface area contributed by atoms with E-state index in [4.69, 9.17) is 9.47 Å². The number of carbonyl (C=O) groups is 1. The zero-order valence-electron chi connectivity index (χ0n) is 16.7. The van der Waals surface area contributed by atoms with Gasteiger partial charge in [0.15, 0.2) is 0 Å². The molecule has 6 nitrogen and oxygen atoms in total. The summed E-state index contributed by atoms with van der Waals surface area (Å²) in [5.74, 6) is 0.633. The van der Waals surface area contributed by atoms with Crippen LogP contribution in [0.1, 0.15) is 34.0 Å². The third kappa shape index (κ3) is 5.18. The largest absolute Gasteiger partial charge is 0.496 e. The first kappa shape index (κ1) is 20.0. The SMILES string of the molecule is COc1ccc(/C(C)=N\NC(=O)c2ccc(C)cc2)cc1CN1CCOCC1. The Bertz CT molecular complexity index is 841. The van der Waals surface area contributed by atoms with Crippen molar-refractivity contribution in [2.24, 2.45) is 5.10 Å². The monoisotopic (exact) mass is 381 g/mol. The standard InChI is InChI=1S/C22H27N3O3/c1-16-4-6-18(7-5-16)22(26)24-23-17(2)19-8-9-21(27-3)20(14-19)15-25-10-12-28-13-11-25/h4-9,14H,10-13,15H2,1-3H3,(H,24,26)/b23-17-. The molecule has 6 heteroatoms. The number of methoxy groups -OCH3 is 1. The lowest BCUT2D eigenvalue weighted by molar-refractivity contribution is 0.0339. The fourth-order valence-electron chi connectivity index (χ4n) is 3.10. The van der Waals surface area contributed by atoms with Crippen molar-refractivity contribution >= 4 is 11.6 Å². The smallest absolute Gasteiger partial charge is 0.271 e. The van der Waals surface area contributed by atoms with Crippen LogP contribution in [0.15, 0.2) is 47.6 Å². The van der Waals surface area contributed by atoms with Gasteiger partial charge in [0.2, 0.25) is 0 Å². The fourth-order valence-corrected chi connectivity index (χ4v) is 3.10. The molecule has 148 valence electrons. The number of hydrogen-bond donors (Lipinski definition) is 1. The van der Waals surface area contributed by atoms with E-state index < -0.39 is 0 Å². The van der Waals surface area contributed by atoms with Crippen LogP contribution in [0.3, 0.4) is 0 Å². The summed E-state index contributed by atoms with van der Waals surface area (Å²) in [7, 11) is 1.68. The number of nitrogens with zero attached hydrogens (tertiary/aromatic N) is 2. The highest BCUT2D eigenvalue weighted by molar-refractivity contribution is 6.01. The molecule has 0 unspecified atom stereocenters. The molecule has 0 aliphatic carbocycles. The average molecular weight is 381 g/mol. The number of morpholine rings is 1. The minimum absolute atomic E-state index is 0.221. The van der Waals surface area contributed by atoms with Gasteiger partial charge in [-0.2, -0.15) is 5.10 Å². The number of hydrazone groups is 1. The van der Waals surface area contributed by atoms with Crippen LogP contribution in [0.25, 0.3) is 0 Å². The second kappa shape index (κ2) is 9.48. The molecule has 0 atom stereocenters. The van der Waals surface area contributed by atoms with Crippen molar-refractivity contribution in [3.05, 3.63) is 64.7 Å². The van der Waals surface area contributed by atoms with Crippen LogP contribution >= 0.6 is 0 Å². The molecule has 1 N–H and O–H groups in total. The van der Waals surface area contributed by atoms with Crippen LogP contribution < -0.4 is 10.2 Å². The van der Waals surface area contributed by atoms with Gasteiger partial charge in [-0.3, -0.25) is 9.69 Å². The van der Waals surface area contributed by atoms with Crippen molar-refractivity contribution in [1.29, 1.82) is 0 Å².